The number of aryl methyl sites for hydroxylation is 1. The Morgan fingerprint density at radius 2 is 2.14 bits per heavy atom. The van der Waals surface area contributed by atoms with Gasteiger partial charge in [0.05, 0.1) is 6.61 Å². The number of aromatic nitrogens is 1. The standard InChI is InChI=1S/C10H10N2OSe.C2H6O4S/c1-6(13)11-8-3-4-9-10(5-8)14-7(2)12-9;1-2-6-7(3,4)5/h3-5H,1-2H3,(H,11,13);2H2,1H3,(H,3,4,5). The first-order valence-corrected chi connectivity index (χ1v) is 9.05. The minimum Gasteiger partial charge on any atom is -0.264 e. The first-order valence-electron chi connectivity index (χ1n) is 5.98. The molecule has 2 aromatic rings. The second-order valence-electron chi connectivity index (χ2n) is 3.93. The number of hydrogen-bond acceptors (Lipinski definition) is 5. The average Bonchev–Trinajstić information content (AvgIpc) is 2.66. The summed E-state index contributed by atoms with van der Waals surface area (Å²) in [6.07, 6.45) is 0. The second-order valence-corrected chi connectivity index (χ2v) is 7.61. The summed E-state index contributed by atoms with van der Waals surface area (Å²) < 4.78 is 33.1. The fourth-order valence-electron chi connectivity index (χ4n) is 1.47. The maximum absolute atomic E-state index is 10.8. The molecule has 1 heterocycles. The molecule has 0 aliphatic heterocycles. The van der Waals surface area contributed by atoms with Crippen molar-refractivity contribution >= 4 is 46.3 Å². The molecule has 2 rings (SSSR count). The maximum atomic E-state index is 10.8. The molecule has 2 N–H and O–H groups in total. The van der Waals surface area contributed by atoms with Crippen molar-refractivity contribution in [1.29, 1.82) is 0 Å². The van der Waals surface area contributed by atoms with Crippen LogP contribution in [0.2, 0.25) is 0 Å². The number of nitrogens with one attached hydrogen (secondary N) is 1. The third-order valence-corrected chi connectivity index (χ3v) is 4.57. The number of rotatable bonds is 3. The molecule has 1 aromatic carbocycles. The van der Waals surface area contributed by atoms with Crippen LogP contribution in [0.1, 0.15) is 18.4 Å². The quantitative estimate of drug-likeness (QED) is 0.617. The summed E-state index contributed by atoms with van der Waals surface area (Å²) in [5.41, 5.74) is 1.92. The normalized spacial score (nSPS) is 10.9. The van der Waals surface area contributed by atoms with Gasteiger partial charge in [0.25, 0.3) is 0 Å². The molecule has 0 saturated heterocycles. The maximum Gasteiger partial charge on any atom is 0.397 e. The summed E-state index contributed by atoms with van der Waals surface area (Å²) in [6.45, 7) is 4.99. The van der Waals surface area contributed by atoms with Crippen LogP contribution in [-0.2, 0) is 19.4 Å². The summed E-state index contributed by atoms with van der Waals surface area (Å²) in [4.78, 5) is 15.2. The van der Waals surface area contributed by atoms with E-state index in [0.29, 0.717) is 14.5 Å². The third-order valence-electron chi connectivity index (χ3n) is 2.08. The zero-order valence-electron chi connectivity index (χ0n) is 11.8. The van der Waals surface area contributed by atoms with Crippen LogP contribution < -0.4 is 5.32 Å². The third kappa shape index (κ3) is 6.83. The Labute approximate surface area is 129 Å². The van der Waals surface area contributed by atoms with Crippen molar-refractivity contribution < 1.29 is 21.9 Å². The molecule has 1 amide bonds. The summed E-state index contributed by atoms with van der Waals surface area (Å²) >= 11 is 0.337. The van der Waals surface area contributed by atoms with Gasteiger partial charge in [0.15, 0.2) is 0 Å². The van der Waals surface area contributed by atoms with Gasteiger partial charge in [-0.2, -0.15) is 8.42 Å². The zero-order valence-corrected chi connectivity index (χ0v) is 14.3. The fourth-order valence-corrected chi connectivity index (χ4v) is 3.59. The number of carbonyl (C=O) groups is 1. The molecule has 0 atom stereocenters. The van der Waals surface area contributed by atoms with E-state index in [1.165, 1.54) is 22.7 Å². The number of amides is 1. The van der Waals surface area contributed by atoms with E-state index in [-0.39, 0.29) is 12.5 Å². The molecule has 0 saturated carbocycles. The van der Waals surface area contributed by atoms with Gasteiger partial charge in [-0.05, 0) is 6.92 Å². The van der Waals surface area contributed by atoms with E-state index in [0.717, 1.165) is 11.2 Å². The Balaban J connectivity index is 0.000000270. The molecule has 0 radical (unpaired) electrons. The minimum atomic E-state index is -4.17. The molecule has 116 valence electrons. The summed E-state index contributed by atoms with van der Waals surface area (Å²) in [7, 11) is -4.17. The number of hydrogen-bond donors (Lipinski definition) is 2. The molecule has 0 bridgehead atoms. The van der Waals surface area contributed by atoms with Crippen molar-refractivity contribution in [2.45, 2.75) is 20.8 Å². The van der Waals surface area contributed by atoms with Crippen LogP contribution in [0, 0.1) is 6.92 Å². The Bertz CT molecular complexity index is 726. The molecule has 21 heavy (non-hydrogen) atoms. The van der Waals surface area contributed by atoms with Gasteiger partial charge < -0.3 is 0 Å². The van der Waals surface area contributed by atoms with Crippen LogP contribution in [0.25, 0.3) is 9.78 Å². The molecule has 0 aliphatic rings. The van der Waals surface area contributed by atoms with Crippen LogP contribution in [0.3, 0.4) is 0 Å². The summed E-state index contributed by atoms with van der Waals surface area (Å²) in [5.74, 6) is -0.0342. The van der Waals surface area contributed by atoms with Crippen molar-refractivity contribution in [2.75, 3.05) is 11.9 Å². The van der Waals surface area contributed by atoms with Crippen LogP contribution >= 0.6 is 0 Å². The van der Waals surface area contributed by atoms with E-state index in [1.54, 1.807) is 0 Å². The zero-order chi connectivity index (χ0) is 16.0. The van der Waals surface area contributed by atoms with Crippen LogP contribution in [0.4, 0.5) is 5.69 Å². The minimum absolute atomic E-state index is 0.0289. The van der Waals surface area contributed by atoms with Gasteiger partial charge in [-0.15, -0.1) is 0 Å². The Morgan fingerprint density at radius 1 is 1.48 bits per heavy atom. The van der Waals surface area contributed by atoms with Crippen LogP contribution in [0.5, 0.6) is 0 Å². The smallest absolute Gasteiger partial charge is 0.264 e. The second kappa shape index (κ2) is 7.67. The van der Waals surface area contributed by atoms with Gasteiger partial charge in [0.1, 0.15) is 0 Å². The van der Waals surface area contributed by atoms with Gasteiger partial charge >= 0.3 is 98.0 Å². The largest absolute Gasteiger partial charge is 0.397 e. The molecule has 9 heteroatoms. The van der Waals surface area contributed by atoms with E-state index in [9.17, 15) is 13.2 Å². The molecule has 0 spiro atoms. The molecule has 0 unspecified atom stereocenters. The van der Waals surface area contributed by atoms with E-state index < -0.39 is 10.4 Å². The van der Waals surface area contributed by atoms with Crippen molar-refractivity contribution in [3.05, 3.63) is 22.8 Å². The van der Waals surface area contributed by atoms with Gasteiger partial charge in [-0.1, -0.05) is 0 Å². The van der Waals surface area contributed by atoms with Gasteiger partial charge in [0.2, 0.25) is 0 Å². The number of fused-ring (bicyclic) bond motifs is 1. The average molecular weight is 379 g/mol. The summed E-state index contributed by atoms with van der Waals surface area (Å²) in [6, 6.07) is 5.86. The molecule has 0 aliphatic carbocycles. The van der Waals surface area contributed by atoms with Crippen molar-refractivity contribution in [3.8, 4) is 0 Å². The predicted octanol–water partition coefficient (Wildman–Crippen LogP) is 1.38. The van der Waals surface area contributed by atoms with E-state index in [4.69, 9.17) is 4.55 Å². The van der Waals surface area contributed by atoms with Crippen LogP contribution in [0.15, 0.2) is 18.2 Å². The monoisotopic (exact) mass is 380 g/mol. The number of anilines is 1. The fraction of sp³-hybridized carbons (Fsp3) is 0.333. The van der Waals surface area contributed by atoms with Crippen molar-refractivity contribution in [2.24, 2.45) is 0 Å². The van der Waals surface area contributed by atoms with E-state index in [2.05, 4.69) is 14.5 Å². The van der Waals surface area contributed by atoms with Gasteiger partial charge in [0, 0.05) is 0 Å². The SMILES string of the molecule is CC(=O)Nc1ccc2nc(C)[se]c2c1.CCOS(=O)(=O)O. The van der Waals surface area contributed by atoms with Crippen LogP contribution in [-0.4, -0.2) is 45.0 Å². The Kier molecular flexibility index (Phi) is 6.50. The topological polar surface area (TPSA) is 106 Å². The molecular weight excluding hydrogens is 363 g/mol. The van der Waals surface area contributed by atoms with E-state index in [1.807, 2.05) is 25.1 Å². The molecular formula is C12H16N2O5SSe. The van der Waals surface area contributed by atoms with Gasteiger partial charge in [-0.3, -0.25) is 4.55 Å². The van der Waals surface area contributed by atoms with Crippen molar-refractivity contribution in [3.63, 3.8) is 0 Å². The number of nitrogens with zero attached hydrogens (tertiary/aromatic N) is 1. The Morgan fingerprint density at radius 3 is 2.62 bits per heavy atom. The van der Waals surface area contributed by atoms with Crippen molar-refractivity contribution in [1.82, 2.24) is 4.98 Å². The molecule has 7 nitrogen and oxygen atoms in total. The van der Waals surface area contributed by atoms with Gasteiger partial charge in [-0.25, -0.2) is 4.18 Å². The first kappa shape index (κ1) is 17.8. The first-order chi connectivity index (χ1) is 9.71. The number of carbonyl (C=O) groups excluding carboxylic acids is 1. The molecule has 1 aromatic heterocycles. The van der Waals surface area contributed by atoms with E-state index >= 15 is 0 Å². The Hall–Kier alpha value is -1.25. The number of benzene rings is 1. The summed E-state index contributed by atoms with van der Waals surface area (Å²) in [5, 5.41) is 2.77. The molecule has 0 fully saturated rings. The predicted molar refractivity (Wildman–Crippen MR) is 80.9 cm³/mol.